The zero-order valence-corrected chi connectivity index (χ0v) is 18.0. The summed E-state index contributed by atoms with van der Waals surface area (Å²) < 4.78 is 16.1. The van der Waals surface area contributed by atoms with Gasteiger partial charge in [0, 0.05) is 35.9 Å². The number of amides is 2. The SMILES string of the molecule is CCc1cccc(CNC(=O)CN(C(=O)Cn2ccc3c(Cl)ccnc32)C2CC2)c1F. The molecule has 162 valence electrons. The second kappa shape index (κ2) is 9.06. The maximum Gasteiger partial charge on any atom is 0.243 e. The Balaban J connectivity index is 1.40. The molecule has 4 rings (SSSR count). The number of carbonyl (C=O) groups excluding carboxylic acids is 2. The Labute approximate surface area is 185 Å². The van der Waals surface area contributed by atoms with Crippen LogP contribution in [0, 0.1) is 5.82 Å². The molecule has 0 unspecified atom stereocenters. The minimum Gasteiger partial charge on any atom is -0.350 e. The zero-order valence-electron chi connectivity index (χ0n) is 17.3. The normalized spacial score (nSPS) is 13.4. The molecule has 1 aliphatic rings. The van der Waals surface area contributed by atoms with Crippen LogP contribution >= 0.6 is 11.6 Å². The van der Waals surface area contributed by atoms with E-state index in [9.17, 15) is 14.0 Å². The summed E-state index contributed by atoms with van der Waals surface area (Å²) in [5.74, 6) is -0.748. The highest BCUT2D eigenvalue weighted by molar-refractivity contribution is 6.35. The van der Waals surface area contributed by atoms with Crippen molar-refractivity contribution in [1.29, 1.82) is 0 Å². The van der Waals surface area contributed by atoms with Crippen LogP contribution in [-0.4, -0.2) is 38.9 Å². The van der Waals surface area contributed by atoms with Gasteiger partial charge in [0.25, 0.3) is 0 Å². The lowest BCUT2D eigenvalue weighted by molar-refractivity contribution is -0.137. The molecule has 31 heavy (non-hydrogen) atoms. The third kappa shape index (κ3) is 4.71. The number of benzene rings is 1. The largest absolute Gasteiger partial charge is 0.350 e. The summed E-state index contributed by atoms with van der Waals surface area (Å²) in [4.78, 5) is 31.4. The summed E-state index contributed by atoms with van der Waals surface area (Å²) in [6, 6.07) is 8.78. The first-order chi connectivity index (χ1) is 15.0. The van der Waals surface area contributed by atoms with Gasteiger partial charge in [-0.1, -0.05) is 36.7 Å². The molecule has 6 nitrogen and oxygen atoms in total. The zero-order chi connectivity index (χ0) is 22.0. The Morgan fingerprint density at radius 2 is 2.03 bits per heavy atom. The Kier molecular flexibility index (Phi) is 6.23. The molecule has 1 N–H and O–H groups in total. The highest BCUT2D eigenvalue weighted by Gasteiger charge is 2.34. The Morgan fingerprint density at radius 1 is 1.26 bits per heavy atom. The van der Waals surface area contributed by atoms with Crippen molar-refractivity contribution in [3.8, 4) is 0 Å². The highest BCUT2D eigenvalue weighted by atomic mass is 35.5. The quantitative estimate of drug-likeness (QED) is 0.578. The first kappa shape index (κ1) is 21.3. The summed E-state index contributed by atoms with van der Waals surface area (Å²) in [6.07, 6.45) is 5.72. The van der Waals surface area contributed by atoms with E-state index in [2.05, 4.69) is 10.3 Å². The van der Waals surface area contributed by atoms with Gasteiger partial charge in [0.05, 0.1) is 11.6 Å². The fourth-order valence-electron chi connectivity index (χ4n) is 3.68. The lowest BCUT2D eigenvalue weighted by Gasteiger charge is -2.22. The van der Waals surface area contributed by atoms with E-state index in [0.29, 0.717) is 28.2 Å². The van der Waals surface area contributed by atoms with Gasteiger partial charge in [-0.15, -0.1) is 0 Å². The molecule has 0 aliphatic heterocycles. The maximum atomic E-state index is 14.4. The van der Waals surface area contributed by atoms with Crippen LogP contribution in [0.2, 0.25) is 5.02 Å². The predicted molar refractivity (Wildman–Crippen MR) is 117 cm³/mol. The van der Waals surface area contributed by atoms with Gasteiger partial charge >= 0.3 is 0 Å². The van der Waals surface area contributed by atoms with E-state index in [0.717, 1.165) is 18.2 Å². The van der Waals surface area contributed by atoms with Crippen molar-refractivity contribution in [3.63, 3.8) is 0 Å². The first-order valence-electron chi connectivity index (χ1n) is 10.4. The molecule has 0 saturated heterocycles. The van der Waals surface area contributed by atoms with E-state index in [1.807, 2.05) is 13.0 Å². The topological polar surface area (TPSA) is 67.2 Å². The molecule has 1 fully saturated rings. The minimum absolute atomic E-state index is 0.0496. The lowest BCUT2D eigenvalue weighted by Crippen LogP contribution is -2.43. The van der Waals surface area contributed by atoms with Gasteiger partial charge in [0.2, 0.25) is 11.8 Å². The Bertz CT molecular complexity index is 1130. The number of fused-ring (bicyclic) bond motifs is 1. The fourth-order valence-corrected chi connectivity index (χ4v) is 3.88. The van der Waals surface area contributed by atoms with Crippen LogP contribution in [0.1, 0.15) is 30.9 Å². The van der Waals surface area contributed by atoms with Crippen molar-refractivity contribution in [2.75, 3.05) is 6.54 Å². The van der Waals surface area contributed by atoms with Crippen molar-refractivity contribution in [1.82, 2.24) is 19.8 Å². The standard InChI is InChI=1S/C23H24ClFN4O2/c1-2-15-4-3-5-16(22(15)25)12-27-20(30)13-29(17-6-7-17)21(31)14-28-11-9-18-19(24)8-10-26-23(18)28/h3-5,8-11,17H,2,6-7,12-14H2,1H3,(H,27,30). The van der Waals surface area contributed by atoms with Crippen LogP contribution in [-0.2, 0) is 29.1 Å². The summed E-state index contributed by atoms with van der Waals surface area (Å²) in [5, 5.41) is 4.10. The Hall–Kier alpha value is -2.93. The van der Waals surface area contributed by atoms with E-state index < -0.39 is 0 Å². The van der Waals surface area contributed by atoms with Gasteiger partial charge in [-0.25, -0.2) is 9.37 Å². The lowest BCUT2D eigenvalue weighted by atomic mass is 10.1. The molecular weight excluding hydrogens is 419 g/mol. The molecule has 2 amide bonds. The average molecular weight is 443 g/mol. The molecule has 0 radical (unpaired) electrons. The molecule has 8 heteroatoms. The monoisotopic (exact) mass is 442 g/mol. The second-order valence-corrected chi connectivity index (χ2v) is 8.15. The van der Waals surface area contributed by atoms with Crippen molar-refractivity contribution in [2.24, 2.45) is 0 Å². The summed E-state index contributed by atoms with van der Waals surface area (Å²) in [6.45, 7) is 2.01. The van der Waals surface area contributed by atoms with E-state index in [4.69, 9.17) is 11.6 Å². The highest BCUT2D eigenvalue weighted by Crippen LogP contribution is 2.28. The third-order valence-electron chi connectivity index (χ3n) is 5.55. The fraction of sp³-hybridized carbons (Fsp3) is 0.348. The molecule has 3 aromatic rings. The number of pyridine rings is 1. The average Bonchev–Trinajstić information content (AvgIpc) is 3.52. The van der Waals surface area contributed by atoms with E-state index >= 15 is 0 Å². The van der Waals surface area contributed by atoms with Gasteiger partial charge in [0.15, 0.2) is 0 Å². The van der Waals surface area contributed by atoms with Crippen LogP contribution in [0.3, 0.4) is 0 Å². The number of hydrogen-bond donors (Lipinski definition) is 1. The van der Waals surface area contributed by atoms with E-state index in [1.165, 1.54) is 0 Å². The number of hydrogen-bond acceptors (Lipinski definition) is 3. The van der Waals surface area contributed by atoms with E-state index in [-0.39, 0.29) is 43.3 Å². The van der Waals surface area contributed by atoms with Crippen molar-refractivity contribution < 1.29 is 14.0 Å². The number of aryl methyl sites for hydroxylation is 1. The van der Waals surface area contributed by atoms with Gasteiger partial charge in [-0.05, 0) is 37.0 Å². The molecule has 0 bridgehead atoms. The number of halogens is 2. The molecule has 2 aromatic heterocycles. The predicted octanol–water partition coefficient (Wildman–Crippen LogP) is 3.70. The smallest absolute Gasteiger partial charge is 0.243 e. The number of rotatable bonds is 8. The molecule has 1 aromatic carbocycles. The van der Waals surface area contributed by atoms with Gasteiger partial charge in [0.1, 0.15) is 18.0 Å². The van der Waals surface area contributed by atoms with Crippen LogP contribution in [0.25, 0.3) is 11.0 Å². The second-order valence-electron chi connectivity index (χ2n) is 7.75. The minimum atomic E-state index is -0.305. The number of nitrogens with zero attached hydrogens (tertiary/aromatic N) is 3. The van der Waals surface area contributed by atoms with Gasteiger partial charge in [-0.3, -0.25) is 9.59 Å². The van der Waals surface area contributed by atoms with Crippen LogP contribution in [0.15, 0.2) is 42.7 Å². The van der Waals surface area contributed by atoms with Gasteiger partial charge in [-0.2, -0.15) is 0 Å². The molecule has 1 aliphatic carbocycles. The first-order valence-corrected chi connectivity index (χ1v) is 10.8. The van der Waals surface area contributed by atoms with Crippen LogP contribution in [0.5, 0.6) is 0 Å². The molecule has 0 atom stereocenters. The number of nitrogens with one attached hydrogen (secondary N) is 1. The van der Waals surface area contributed by atoms with Crippen LogP contribution < -0.4 is 5.32 Å². The third-order valence-corrected chi connectivity index (χ3v) is 5.88. The summed E-state index contributed by atoms with van der Waals surface area (Å²) in [5.41, 5.74) is 1.69. The van der Waals surface area contributed by atoms with Crippen LogP contribution in [0.4, 0.5) is 4.39 Å². The number of carbonyl (C=O) groups is 2. The summed E-state index contributed by atoms with van der Waals surface area (Å²) in [7, 11) is 0. The summed E-state index contributed by atoms with van der Waals surface area (Å²) >= 11 is 6.19. The van der Waals surface area contributed by atoms with Crippen molar-refractivity contribution in [2.45, 2.75) is 45.3 Å². The number of aromatic nitrogens is 2. The van der Waals surface area contributed by atoms with Crippen molar-refractivity contribution in [3.05, 3.63) is 64.7 Å². The molecule has 2 heterocycles. The van der Waals surface area contributed by atoms with Crippen molar-refractivity contribution >= 4 is 34.4 Å². The molecular formula is C23H24ClFN4O2. The van der Waals surface area contributed by atoms with E-state index in [1.54, 1.807) is 46.1 Å². The maximum absolute atomic E-state index is 14.4. The Morgan fingerprint density at radius 3 is 2.77 bits per heavy atom. The molecule has 0 spiro atoms. The molecule has 1 saturated carbocycles. The van der Waals surface area contributed by atoms with Gasteiger partial charge < -0.3 is 14.8 Å².